The van der Waals surface area contributed by atoms with Gasteiger partial charge in [-0.2, -0.15) is 5.10 Å². The minimum absolute atomic E-state index is 0.169. The summed E-state index contributed by atoms with van der Waals surface area (Å²) in [6.07, 6.45) is 0. The van der Waals surface area contributed by atoms with Crippen LogP contribution in [0.5, 0.6) is 0 Å². The van der Waals surface area contributed by atoms with Crippen LogP contribution in [0.25, 0.3) is 0 Å². The Morgan fingerprint density at radius 2 is 1.81 bits per heavy atom. The lowest BCUT2D eigenvalue weighted by Crippen LogP contribution is -2.16. The molecule has 0 fully saturated rings. The van der Waals surface area contributed by atoms with Crippen LogP contribution in [0.1, 0.15) is 33.2 Å². The first-order chi connectivity index (χ1) is 12.3. The van der Waals surface area contributed by atoms with E-state index < -0.39 is 5.91 Å². The van der Waals surface area contributed by atoms with E-state index in [-0.39, 0.29) is 5.69 Å². The first-order valence-corrected chi connectivity index (χ1v) is 8.81. The van der Waals surface area contributed by atoms with E-state index in [1.807, 2.05) is 13.8 Å². The molecule has 3 aromatic rings. The van der Waals surface area contributed by atoms with Crippen LogP contribution in [0.15, 0.2) is 22.7 Å². The van der Waals surface area contributed by atoms with Crippen molar-refractivity contribution in [3.05, 3.63) is 61.7 Å². The summed E-state index contributed by atoms with van der Waals surface area (Å²) < 4.78 is 6.93. The van der Waals surface area contributed by atoms with E-state index in [1.165, 1.54) is 0 Å². The summed E-state index contributed by atoms with van der Waals surface area (Å²) in [7, 11) is 0. The van der Waals surface area contributed by atoms with E-state index in [4.69, 9.17) is 39.3 Å². The third-order valence-electron chi connectivity index (χ3n) is 3.92. The second kappa shape index (κ2) is 7.31. The molecule has 0 unspecified atom stereocenters. The third kappa shape index (κ3) is 3.72. The predicted molar refractivity (Wildman–Crippen MR) is 101 cm³/mol. The summed E-state index contributed by atoms with van der Waals surface area (Å²) in [6.45, 7) is 5.73. The van der Waals surface area contributed by atoms with Gasteiger partial charge in [0, 0.05) is 21.3 Å². The lowest BCUT2D eigenvalue weighted by Gasteiger charge is -2.07. The van der Waals surface area contributed by atoms with E-state index in [0.717, 1.165) is 11.4 Å². The van der Waals surface area contributed by atoms with Crippen LogP contribution < -0.4 is 5.32 Å². The molecule has 0 aliphatic rings. The molecule has 0 aliphatic heterocycles. The molecule has 1 N–H and O–H groups in total. The second-order valence-corrected chi connectivity index (χ2v) is 7.07. The molecule has 0 atom stereocenters. The number of aryl methyl sites for hydroxylation is 2. The highest BCUT2D eigenvalue weighted by atomic mass is 35.5. The van der Waals surface area contributed by atoms with Crippen molar-refractivity contribution in [1.82, 2.24) is 14.9 Å². The standard InChI is InChI=1S/C17H15Cl3N4O2/c1-8-15(20)9(2)24(22-8)7-14-10(3)26-23-16(14)17(25)21-13-5-11(18)4-12(19)6-13/h4-6H,7H2,1-3H3,(H,21,25). The number of nitrogens with zero attached hydrogens (tertiary/aromatic N) is 3. The van der Waals surface area contributed by atoms with Gasteiger partial charge >= 0.3 is 0 Å². The molecule has 0 saturated heterocycles. The summed E-state index contributed by atoms with van der Waals surface area (Å²) in [5.74, 6) is 0.103. The van der Waals surface area contributed by atoms with Crippen LogP contribution >= 0.6 is 34.8 Å². The lowest BCUT2D eigenvalue weighted by atomic mass is 10.1. The zero-order valence-corrected chi connectivity index (χ0v) is 16.5. The molecule has 9 heteroatoms. The monoisotopic (exact) mass is 412 g/mol. The Morgan fingerprint density at radius 1 is 1.15 bits per heavy atom. The van der Waals surface area contributed by atoms with E-state index in [1.54, 1.807) is 29.8 Å². The van der Waals surface area contributed by atoms with Crippen molar-refractivity contribution >= 4 is 46.4 Å². The smallest absolute Gasteiger partial charge is 0.278 e. The van der Waals surface area contributed by atoms with Crippen molar-refractivity contribution < 1.29 is 9.32 Å². The molecule has 3 rings (SSSR count). The first kappa shape index (κ1) is 18.8. The van der Waals surface area contributed by atoms with Gasteiger partial charge in [-0.1, -0.05) is 40.0 Å². The summed E-state index contributed by atoms with van der Waals surface area (Å²) in [6, 6.07) is 4.77. The van der Waals surface area contributed by atoms with E-state index in [0.29, 0.717) is 38.6 Å². The highest BCUT2D eigenvalue weighted by Gasteiger charge is 2.22. The molecular weight excluding hydrogens is 399 g/mol. The Labute approximate surface area is 165 Å². The number of hydrogen-bond donors (Lipinski definition) is 1. The van der Waals surface area contributed by atoms with Crippen LogP contribution in [0.4, 0.5) is 5.69 Å². The zero-order valence-electron chi connectivity index (χ0n) is 14.2. The second-order valence-electron chi connectivity index (χ2n) is 5.82. The number of aromatic nitrogens is 3. The molecule has 1 aromatic carbocycles. The predicted octanol–water partition coefficient (Wildman–Crippen LogP) is 5.06. The topological polar surface area (TPSA) is 73.0 Å². The van der Waals surface area contributed by atoms with Gasteiger partial charge in [0.2, 0.25) is 0 Å². The number of anilines is 1. The van der Waals surface area contributed by atoms with Crippen LogP contribution in [0.2, 0.25) is 15.1 Å². The Kier molecular flexibility index (Phi) is 5.27. The van der Waals surface area contributed by atoms with Crippen LogP contribution in [-0.2, 0) is 6.54 Å². The van der Waals surface area contributed by atoms with Crippen molar-refractivity contribution in [2.75, 3.05) is 5.32 Å². The highest BCUT2D eigenvalue weighted by molar-refractivity contribution is 6.35. The Bertz CT molecular complexity index is 974. The summed E-state index contributed by atoms with van der Waals surface area (Å²) in [4.78, 5) is 12.6. The van der Waals surface area contributed by atoms with Crippen LogP contribution in [0, 0.1) is 20.8 Å². The van der Waals surface area contributed by atoms with Gasteiger partial charge < -0.3 is 9.84 Å². The molecule has 1 amide bonds. The van der Waals surface area contributed by atoms with Crippen molar-refractivity contribution in [1.29, 1.82) is 0 Å². The molecule has 0 radical (unpaired) electrons. The fourth-order valence-corrected chi connectivity index (χ4v) is 3.21. The average Bonchev–Trinajstić information content (AvgIpc) is 3.03. The number of carbonyl (C=O) groups excluding carboxylic acids is 1. The van der Waals surface area contributed by atoms with Gasteiger partial charge in [0.1, 0.15) is 5.76 Å². The summed E-state index contributed by atoms with van der Waals surface area (Å²) >= 11 is 18.1. The zero-order chi connectivity index (χ0) is 19.0. The van der Waals surface area contributed by atoms with Gasteiger partial charge in [0.25, 0.3) is 5.91 Å². The minimum atomic E-state index is -0.428. The van der Waals surface area contributed by atoms with E-state index in [2.05, 4.69) is 15.6 Å². The molecule has 0 spiro atoms. The number of halogens is 3. The number of carbonyl (C=O) groups is 1. The van der Waals surface area contributed by atoms with Crippen molar-refractivity contribution in [2.24, 2.45) is 0 Å². The molecule has 2 aromatic heterocycles. The van der Waals surface area contributed by atoms with Crippen LogP contribution in [-0.4, -0.2) is 20.8 Å². The van der Waals surface area contributed by atoms with Gasteiger partial charge in [0.05, 0.1) is 23.0 Å². The van der Waals surface area contributed by atoms with Gasteiger partial charge in [-0.15, -0.1) is 0 Å². The average molecular weight is 414 g/mol. The van der Waals surface area contributed by atoms with Crippen molar-refractivity contribution in [2.45, 2.75) is 27.3 Å². The van der Waals surface area contributed by atoms with Crippen molar-refractivity contribution in [3.8, 4) is 0 Å². The number of nitrogens with one attached hydrogen (secondary N) is 1. The molecule has 6 nitrogen and oxygen atoms in total. The maximum atomic E-state index is 12.6. The van der Waals surface area contributed by atoms with Crippen LogP contribution in [0.3, 0.4) is 0 Å². The summed E-state index contributed by atoms with van der Waals surface area (Å²) in [5, 5.41) is 12.4. The van der Waals surface area contributed by atoms with Gasteiger partial charge in [-0.05, 0) is 39.0 Å². The molecule has 2 heterocycles. The molecule has 136 valence electrons. The first-order valence-electron chi connectivity index (χ1n) is 7.68. The molecule has 0 saturated carbocycles. The third-order valence-corrected chi connectivity index (χ3v) is 4.90. The molecule has 26 heavy (non-hydrogen) atoms. The maximum absolute atomic E-state index is 12.6. The van der Waals surface area contributed by atoms with Crippen molar-refractivity contribution in [3.63, 3.8) is 0 Å². The Balaban J connectivity index is 1.89. The fraction of sp³-hybridized carbons (Fsp3) is 0.235. The maximum Gasteiger partial charge on any atom is 0.278 e. The Hall–Kier alpha value is -2.02. The number of hydrogen-bond acceptors (Lipinski definition) is 4. The number of rotatable bonds is 4. The van der Waals surface area contributed by atoms with Gasteiger partial charge in [-0.25, -0.2) is 0 Å². The van der Waals surface area contributed by atoms with E-state index >= 15 is 0 Å². The fourth-order valence-electron chi connectivity index (χ4n) is 2.55. The summed E-state index contributed by atoms with van der Waals surface area (Å²) in [5.41, 5.74) is 2.78. The van der Waals surface area contributed by atoms with Gasteiger partial charge in [-0.3, -0.25) is 9.48 Å². The normalized spacial score (nSPS) is 11.0. The van der Waals surface area contributed by atoms with Gasteiger partial charge in [0.15, 0.2) is 5.69 Å². The minimum Gasteiger partial charge on any atom is -0.361 e. The quantitative estimate of drug-likeness (QED) is 0.649. The number of benzene rings is 1. The van der Waals surface area contributed by atoms with E-state index in [9.17, 15) is 4.79 Å². The molecule has 0 bridgehead atoms. The largest absolute Gasteiger partial charge is 0.361 e. The lowest BCUT2D eigenvalue weighted by molar-refractivity contribution is 0.101. The molecular formula is C17H15Cl3N4O2. The Morgan fingerprint density at radius 3 is 2.38 bits per heavy atom. The molecule has 0 aliphatic carbocycles. The highest BCUT2D eigenvalue weighted by Crippen LogP contribution is 2.25. The number of amides is 1. The SMILES string of the molecule is Cc1nn(Cc2c(C(=O)Nc3cc(Cl)cc(Cl)c3)noc2C)c(C)c1Cl.